The summed E-state index contributed by atoms with van der Waals surface area (Å²) in [5.41, 5.74) is 0.856. The van der Waals surface area contributed by atoms with Crippen LogP contribution in [0.25, 0.3) is 0 Å². The molecule has 2 heterocycles. The smallest absolute Gasteiger partial charge is 0.322 e. The number of para-hydroxylation sites is 1. The van der Waals surface area contributed by atoms with E-state index < -0.39 is 0 Å². The molecule has 1 aromatic carbocycles. The molecule has 2 N–H and O–H groups in total. The monoisotopic (exact) mass is 429 g/mol. The summed E-state index contributed by atoms with van der Waals surface area (Å²) in [5.74, 6) is 0.656. The Morgan fingerprint density at radius 1 is 1.10 bits per heavy atom. The minimum absolute atomic E-state index is 0.00457. The summed E-state index contributed by atoms with van der Waals surface area (Å²) in [6, 6.07) is 9.42. The topological polar surface area (TPSA) is 67.9 Å². The van der Waals surface area contributed by atoms with Gasteiger partial charge in [-0.15, -0.1) is 0 Å². The predicted octanol–water partition coefficient (Wildman–Crippen LogP) is 3.69. The number of nitrogens with one attached hydrogen (secondary N) is 2. The molecule has 4 amide bonds. The minimum atomic E-state index is -0.110. The Morgan fingerprint density at radius 2 is 1.77 bits per heavy atom. The Bertz CT molecular complexity index is 729. The van der Waals surface area contributed by atoms with Crippen LogP contribution >= 0.6 is 0 Å². The SMILES string of the molecule is CC(C)CN1CCC2(CCCN(C(=O)Nc3ccccc3)[C@@H]2CNC(=O)N(C)C)CC1. The first-order chi connectivity index (χ1) is 14.8. The first-order valence-corrected chi connectivity index (χ1v) is 11.6. The fraction of sp³-hybridized carbons (Fsp3) is 0.667. The highest BCUT2D eigenvalue weighted by Gasteiger charge is 2.47. The molecule has 0 radical (unpaired) electrons. The third kappa shape index (κ3) is 5.91. The van der Waals surface area contributed by atoms with Crippen LogP contribution in [0.3, 0.4) is 0 Å². The summed E-state index contributed by atoms with van der Waals surface area (Å²) in [6.45, 7) is 8.98. The quantitative estimate of drug-likeness (QED) is 0.750. The molecule has 7 nitrogen and oxygen atoms in total. The van der Waals surface area contributed by atoms with Gasteiger partial charge in [-0.1, -0.05) is 32.0 Å². The van der Waals surface area contributed by atoms with E-state index in [1.165, 1.54) is 0 Å². The molecule has 0 saturated carbocycles. The zero-order chi connectivity index (χ0) is 22.4. The van der Waals surface area contributed by atoms with E-state index in [0.29, 0.717) is 12.5 Å². The summed E-state index contributed by atoms with van der Waals surface area (Å²) >= 11 is 0. The van der Waals surface area contributed by atoms with Crippen LogP contribution in [0.2, 0.25) is 0 Å². The lowest BCUT2D eigenvalue weighted by Crippen LogP contribution is -2.62. The molecule has 0 bridgehead atoms. The molecule has 1 atom stereocenters. The number of piperidine rings is 2. The number of nitrogens with zero attached hydrogens (tertiary/aromatic N) is 3. The lowest BCUT2D eigenvalue weighted by atomic mass is 9.66. The van der Waals surface area contributed by atoms with Gasteiger partial charge in [-0.25, -0.2) is 9.59 Å². The molecule has 3 rings (SSSR count). The second-order valence-corrected chi connectivity index (χ2v) is 9.75. The lowest BCUT2D eigenvalue weighted by molar-refractivity contribution is -0.0121. The summed E-state index contributed by atoms with van der Waals surface area (Å²) < 4.78 is 0. The number of carbonyl (C=O) groups is 2. The summed E-state index contributed by atoms with van der Waals surface area (Å²) in [5, 5.41) is 6.13. The number of urea groups is 2. The standard InChI is InChI=1S/C24H39N5O2/c1-19(2)18-28-15-12-24(13-16-28)11-8-14-29(21(24)17-25-22(30)27(3)4)23(31)26-20-9-6-5-7-10-20/h5-7,9-10,19,21H,8,11-18H2,1-4H3,(H,25,30)(H,26,31)/t21-/m1/s1. The van der Waals surface area contributed by atoms with E-state index >= 15 is 0 Å². The van der Waals surface area contributed by atoms with E-state index in [2.05, 4.69) is 29.4 Å². The summed E-state index contributed by atoms with van der Waals surface area (Å²) in [6.07, 6.45) is 4.25. The maximum atomic E-state index is 13.3. The van der Waals surface area contributed by atoms with Gasteiger partial charge < -0.3 is 25.3 Å². The average Bonchev–Trinajstić information content (AvgIpc) is 2.74. The predicted molar refractivity (Wildman–Crippen MR) is 125 cm³/mol. The van der Waals surface area contributed by atoms with Crippen molar-refractivity contribution in [3.8, 4) is 0 Å². The summed E-state index contributed by atoms with van der Waals surface area (Å²) in [7, 11) is 3.49. The van der Waals surface area contributed by atoms with Crippen LogP contribution in [0.15, 0.2) is 30.3 Å². The fourth-order valence-electron chi connectivity index (χ4n) is 5.16. The molecule has 2 aliphatic rings. The molecule has 1 spiro atoms. The van der Waals surface area contributed by atoms with E-state index in [0.717, 1.165) is 57.5 Å². The number of hydrogen-bond donors (Lipinski definition) is 2. The van der Waals surface area contributed by atoms with Gasteiger partial charge in [0.2, 0.25) is 0 Å². The Kier molecular flexibility index (Phi) is 7.81. The normalized spacial score (nSPS) is 21.2. The highest BCUT2D eigenvalue weighted by Crippen LogP contribution is 2.44. The molecule has 2 aliphatic heterocycles. The lowest BCUT2D eigenvalue weighted by Gasteiger charge is -2.53. The third-order valence-electron chi connectivity index (χ3n) is 6.77. The molecule has 31 heavy (non-hydrogen) atoms. The Hall–Kier alpha value is -2.28. The van der Waals surface area contributed by atoms with Crippen LogP contribution in [0.4, 0.5) is 15.3 Å². The van der Waals surface area contributed by atoms with Gasteiger partial charge in [-0.2, -0.15) is 0 Å². The number of likely N-dealkylation sites (tertiary alicyclic amines) is 2. The first-order valence-electron chi connectivity index (χ1n) is 11.6. The fourth-order valence-corrected chi connectivity index (χ4v) is 5.16. The van der Waals surface area contributed by atoms with Gasteiger partial charge in [-0.3, -0.25) is 0 Å². The Morgan fingerprint density at radius 3 is 2.39 bits per heavy atom. The maximum Gasteiger partial charge on any atom is 0.322 e. The van der Waals surface area contributed by atoms with Crippen LogP contribution in [0.1, 0.15) is 39.5 Å². The van der Waals surface area contributed by atoms with Crippen molar-refractivity contribution in [1.29, 1.82) is 0 Å². The van der Waals surface area contributed by atoms with Crippen molar-refractivity contribution >= 4 is 17.7 Å². The molecular weight excluding hydrogens is 390 g/mol. The van der Waals surface area contributed by atoms with Gasteiger partial charge in [0.15, 0.2) is 0 Å². The van der Waals surface area contributed by atoms with E-state index in [1.54, 1.807) is 19.0 Å². The molecule has 1 aromatic rings. The van der Waals surface area contributed by atoms with Gasteiger partial charge >= 0.3 is 12.1 Å². The number of benzene rings is 1. The first kappa shape index (κ1) is 23.4. The van der Waals surface area contributed by atoms with Crippen molar-refractivity contribution < 1.29 is 9.59 Å². The molecule has 0 aromatic heterocycles. The van der Waals surface area contributed by atoms with Crippen molar-refractivity contribution in [2.75, 3.05) is 52.1 Å². The molecular formula is C24H39N5O2. The van der Waals surface area contributed by atoms with Crippen molar-refractivity contribution in [3.63, 3.8) is 0 Å². The molecule has 0 aliphatic carbocycles. The second-order valence-electron chi connectivity index (χ2n) is 9.75. The number of rotatable bonds is 5. The largest absolute Gasteiger partial charge is 0.336 e. The Balaban J connectivity index is 1.77. The molecule has 0 unspecified atom stereocenters. The van der Waals surface area contributed by atoms with Gasteiger partial charge in [0.1, 0.15) is 0 Å². The summed E-state index contributed by atoms with van der Waals surface area (Å²) in [4.78, 5) is 31.6. The minimum Gasteiger partial charge on any atom is -0.336 e. The van der Waals surface area contributed by atoms with Crippen LogP contribution < -0.4 is 10.6 Å². The average molecular weight is 430 g/mol. The van der Waals surface area contributed by atoms with Crippen molar-refractivity contribution in [3.05, 3.63) is 30.3 Å². The second kappa shape index (κ2) is 10.4. The maximum absolute atomic E-state index is 13.3. The van der Waals surface area contributed by atoms with Gasteiger partial charge in [0, 0.05) is 39.4 Å². The van der Waals surface area contributed by atoms with E-state index in [4.69, 9.17) is 0 Å². The van der Waals surface area contributed by atoms with Crippen LogP contribution in [-0.2, 0) is 0 Å². The van der Waals surface area contributed by atoms with Crippen LogP contribution in [0.5, 0.6) is 0 Å². The van der Waals surface area contributed by atoms with Crippen LogP contribution in [0, 0.1) is 11.3 Å². The number of hydrogen-bond acceptors (Lipinski definition) is 3. The van der Waals surface area contributed by atoms with Gasteiger partial charge in [0.25, 0.3) is 0 Å². The van der Waals surface area contributed by atoms with Crippen LogP contribution in [-0.4, -0.2) is 79.6 Å². The zero-order valence-electron chi connectivity index (χ0n) is 19.6. The highest BCUT2D eigenvalue weighted by molar-refractivity contribution is 5.89. The third-order valence-corrected chi connectivity index (χ3v) is 6.77. The van der Waals surface area contributed by atoms with E-state index in [1.807, 2.05) is 35.2 Å². The molecule has 2 fully saturated rings. The molecule has 2 saturated heterocycles. The van der Waals surface area contributed by atoms with E-state index in [9.17, 15) is 9.59 Å². The van der Waals surface area contributed by atoms with Crippen molar-refractivity contribution in [1.82, 2.24) is 20.0 Å². The number of anilines is 1. The Labute approximate surface area is 187 Å². The molecule has 7 heteroatoms. The zero-order valence-corrected chi connectivity index (χ0v) is 19.6. The van der Waals surface area contributed by atoms with Crippen molar-refractivity contribution in [2.24, 2.45) is 11.3 Å². The van der Waals surface area contributed by atoms with Crippen molar-refractivity contribution in [2.45, 2.75) is 45.6 Å². The number of carbonyl (C=O) groups excluding carboxylic acids is 2. The molecule has 172 valence electrons. The van der Waals surface area contributed by atoms with Gasteiger partial charge in [-0.05, 0) is 62.2 Å². The number of amides is 4. The van der Waals surface area contributed by atoms with E-state index in [-0.39, 0.29) is 23.5 Å². The van der Waals surface area contributed by atoms with Gasteiger partial charge in [0.05, 0.1) is 6.04 Å². The highest BCUT2D eigenvalue weighted by atomic mass is 16.2.